The third-order valence-corrected chi connectivity index (χ3v) is 3.91. The van der Waals surface area contributed by atoms with E-state index < -0.39 is 18.0 Å². The molecule has 0 spiro atoms. The molecule has 7 heteroatoms. The van der Waals surface area contributed by atoms with E-state index >= 15 is 0 Å². The lowest BCUT2D eigenvalue weighted by Crippen LogP contribution is -2.31. The summed E-state index contributed by atoms with van der Waals surface area (Å²) in [6.45, 7) is 4.78. The van der Waals surface area contributed by atoms with Crippen LogP contribution in [0, 0.1) is 11.3 Å². The van der Waals surface area contributed by atoms with Crippen molar-refractivity contribution in [2.45, 2.75) is 19.4 Å². The van der Waals surface area contributed by atoms with Crippen molar-refractivity contribution >= 4 is 17.6 Å². The Kier molecular flexibility index (Phi) is 7.80. The van der Waals surface area contributed by atoms with Gasteiger partial charge in [-0.1, -0.05) is 12.1 Å². The molecule has 0 aromatic heterocycles. The van der Waals surface area contributed by atoms with Gasteiger partial charge < -0.3 is 19.5 Å². The number of amides is 1. The van der Waals surface area contributed by atoms with E-state index in [0.717, 1.165) is 5.56 Å². The Balaban J connectivity index is 1.87. The molecule has 29 heavy (non-hydrogen) atoms. The topological polar surface area (TPSA) is 97.6 Å². The van der Waals surface area contributed by atoms with Crippen LogP contribution in [-0.4, -0.2) is 31.7 Å². The molecule has 0 saturated heterocycles. The molecule has 1 N–H and O–H groups in total. The molecule has 150 valence electrons. The number of rotatable bonds is 9. The number of hydrogen-bond donors (Lipinski definition) is 1. The lowest BCUT2D eigenvalue weighted by molar-refractivity contribution is -0.155. The van der Waals surface area contributed by atoms with Gasteiger partial charge in [-0.3, -0.25) is 4.79 Å². The van der Waals surface area contributed by atoms with Crippen LogP contribution < -0.4 is 14.8 Å². The summed E-state index contributed by atoms with van der Waals surface area (Å²) in [6.07, 6.45) is 1.44. The maximum atomic E-state index is 12.2. The molecular formula is C22H22N2O5. The molecule has 0 radical (unpaired) electrons. The SMILES string of the molecule is C=CCc1ccc(OCC(=O)O[C@@H](C)C(=O)Nc2ccc(C#N)cc2)c(OC)c1. The van der Waals surface area contributed by atoms with Gasteiger partial charge in [-0.25, -0.2) is 4.79 Å². The number of anilines is 1. The lowest BCUT2D eigenvalue weighted by atomic mass is 10.1. The van der Waals surface area contributed by atoms with Crippen LogP contribution in [0.15, 0.2) is 55.1 Å². The Morgan fingerprint density at radius 2 is 1.93 bits per heavy atom. The first kappa shape index (κ1) is 21.5. The summed E-state index contributed by atoms with van der Waals surface area (Å²) < 4.78 is 15.8. The van der Waals surface area contributed by atoms with E-state index in [4.69, 9.17) is 19.5 Å². The van der Waals surface area contributed by atoms with Crippen LogP contribution in [0.4, 0.5) is 5.69 Å². The number of methoxy groups -OCH3 is 1. The zero-order chi connectivity index (χ0) is 21.2. The van der Waals surface area contributed by atoms with Gasteiger partial charge in [-0.05, 0) is 55.3 Å². The lowest BCUT2D eigenvalue weighted by Gasteiger charge is -2.15. The smallest absolute Gasteiger partial charge is 0.344 e. The van der Waals surface area contributed by atoms with Crippen molar-refractivity contribution in [1.29, 1.82) is 5.26 Å². The average molecular weight is 394 g/mol. The van der Waals surface area contributed by atoms with Gasteiger partial charge in [-0.2, -0.15) is 5.26 Å². The van der Waals surface area contributed by atoms with Gasteiger partial charge in [0.1, 0.15) is 0 Å². The molecule has 1 atom stereocenters. The largest absolute Gasteiger partial charge is 0.493 e. The zero-order valence-electron chi connectivity index (χ0n) is 16.3. The van der Waals surface area contributed by atoms with Crippen molar-refractivity contribution in [1.82, 2.24) is 0 Å². The zero-order valence-corrected chi connectivity index (χ0v) is 16.3. The number of hydrogen-bond acceptors (Lipinski definition) is 6. The van der Waals surface area contributed by atoms with Crippen LogP contribution >= 0.6 is 0 Å². The number of esters is 1. The number of ether oxygens (including phenoxy) is 3. The Morgan fingerprint density at radius 1 is 1.21 bits per heavy atom. The van der Waals surface area contributed by atoms with Crippen molar-refractivity contribution in [3.63, 3.8) is 0 Å². The van der Waals surface area contributed by atoms with Crippen LogP contribution in [0.25, 0.3) is 0 Å². The van der Waals surface area contributed by atoms with Gasteiger partial charge in [0.05, 0.1) is 18.7 Å². The summed E-state index contributed by atoms with van der Waals surface area (Å²) in [6, 6.07) is 13.7. The molecule has 0 bridgehead atoms. The van der Waals surface area contributed by atoms with E-state index in [1.165, 1.54) is 14.0 Å². The van der Waals surface area contributed by atoms with Gasteiger partial charge in [-0.15, -0.1) is 6.58 Å². The predicted molar refractivity (Wildman–Crippen MR) is 108 cm³/mol. The fraction of sp³-hybridized carbons (Fsp3) is 0.227. The van der Waals surface area contributed by atoms with Crippen LogP contribution in [0.5, 0.6) is 11.5 Å². The minimum atomic E-state index is -1.02. The first-order chi connectivity index (χ1) is 14.0. The third-order valence-electron chi connectivity index (χ3n) is 3.91. The molecule has 7 nitrogen and oxygen atoms in total. The van der Waals surface area contributed by atoms with Crippen molar-refractivity contribution in [3.8, 4) is 17.6 Å². The maximum absolute atomic E-state index is 12.2. The Labute approximate surface area is 169 Å². The van der Waals surface area contributed by atoms with E-state index in [9.17, 15) is 9.59 Å². The van der Waals surface area contributed by atoms with E-state index in [1.807, 2.05) is 12.1 Å². The quantitative estimate of drug-likeness (QED) is 0.518. The molecule has 2 aromatic rings. The van der Waals surface area contributed by atoms with E-state index in [0.29, 0.717) is 29.2 Å². The second-order valence-corrected chi connectivity index (χ2v) is 6.08. The normalized spacial score (nSPS) is 10.9. The minimum Gasteiger partial charge on any atom is -0.493 e. The Morgan fingerprint density at radius 3 is 2.55 bits per heavy atom. The van der Waals surface area contributed by atoms with Crippen molar-refractivity contribution in [2.24, 2.45) is 0 Å². The molecule has 0 fully saturated rings. The number of carbonyl (C=O) groups excluding carboxylic acids is 2. The molecule has 0 aliphatic carbocycles. The standard InChI is InChI=1S/C22H22N2O5/c1-4-5-16-8-11-19(20(12-16)27-3)28-14-21(25)29-15(2)22(26)24-18-9-6-17(13-23)7-10-18/h4,6-12,15H,1,5,14H2,2-3H3,(H,24,26)/t15-/m0/s1. The molecule has 0 heterocycles. The predicted octanol–water partition coefficient (Wildman–Crippen LogP) is 3.24. The number of nitrogens with one attached hydrogen (secondary N) is 1. The van der Waals surface area contributed by atoms with E-state index in [1.54, 1.807) is 42.5 Å². The highest BCUT2D eigenvalue weighted by molar-refractivity contribution is 5.95. The summed E-state index contributed by atoms with van der Waals surface area (Å²) in [7, 11) is 1.51. The van der Waals surface area contributed by atoms with E-state index in [-0.39, 0.29) is 6.61 Å². The van der Waals surface area contributed by atoms with E-state index in [2.05, 4.69) is 11.9 Å². The summed E-state index contributed by atoms with van der Waals surface area (Å²) in [4.78, 5) is 24.2. The molecule has 0 saturated carbocycles. The molecule has 1 amide bonds. The second-order valence-electron chi connectivity index (χ2n) is 6.08. The number of nitriles is 1. The summed E-state index contributed by atoms with van der Waals surface area (Å²) in [5.74, 6) is -0.296. The number of allylic oxidation sites excluding steroid dienone is 1. The molecule has 2 rings (SSSR count). The van der Waals surface area contributed by atoms with Crippen LogP contribution in [0.1, 0.15) is 18.1 Å². The van der Waals surface area contributed by atoms with Crippen LogP contribution in [0.2, 0.25) is 0 Å². The minimum absolute atomic E-state index is 0.369. The van der Waals surface area contributed by atoms with Gasteiger partial charge in [0, 0.05) is 5.69 Å². The molecular weight excluding hydrogens is 372 g/mol. The highest BCUT2D eigenvalue weighted by Crippen LogP contribution is 2.28. The first-order valence-electron chi connectivity index (χ1n) is 8.88. The highest BCUT2D eigenvalue weighted by Gasteiger charge is 2.19. The summed E-state index contributed by atoms with van der Waals surface area (Å²) in [5, 5.41) is 11.4. The third kappa shape index (κ3) is 6.40. The fourth-order valence-electron chi connectivity index (χ4n) is 2.42. The van der Waals surface area contributed by atoms with Gasteiger partial charge in [0.15, 0.2) is 24.2 Å². The van der Waals surface area contributed by atoms with Crippen LogP contribution in [0.3, 0.4) is 0 Å². The highest BCUT2D eigenvalue weighted by atomic mass is 16.6. The average Bonchev–Trinajstić information content (AvgIpc) is 2.73. The molecule has 0 unspecified atom stereocenters. The number of nitrogens with zero attached hydrogens (tertiary/aromatic N) is 1. The van der Waals surface area contributed by atoms with Gasteiger partial charge in [0.25, 0.3) is 5.91 Å². The monoisotopic (exact) mass is 394 g/mol. The number of benzene rings is 2. The Bertz CT molecular complexity index is 916. The van der Waals surface area contributed by atoms with Crippen molar-refractivity contribution in [2.75, 3.05) is 19.0 Å². The maximum Gasteiger partial charge on any atom is 0.344 e. The Hall–Kier alpha value is -3.79. The van der Waals surface area contributed by atoms with Crippen molar-refractivity contribution in [3.05, 3.63) is 66.2 Å². The van der Waals surface area contributed by atoms with Crippen LogP contribution in [-0.2, 0) is 20.7 Å². The number of carbonyl (C=O) groups is 2. The summed E-state index contributed by atoms with van der Waals surface area (Å²) in [5.41, 5.74) is 1.98. The van der Waals surface area contributed by atoms with Gasteiger partial charge >= 0.3 is 5.97 Å². The second kappa shape index (κ2) is 10.5. The fourth-order valence-corrected chi connectivity index (χ4v) is 2.42. The van der Waals surface area contributed by atoms with Crippen molar-refractivity contribution < 1.29 is 23.8 Å². The van der Waals surface area contributed by atoms with Gasteiger partial charge in [0.2, 0.25) is 0 Å². The molecule has 0 aliphatic heterocycles. The first-order valence-corrected chi connectivity index (χ1v) is 8.88. The summed E-state index contributed by atoms with van der Waals surface area (Å²) >= 11 is 0. The molecule has 2 aromatic carbocycles. The molecule has 0 aliphatic rings.